The number of rotatable bonds is 8. The van der Waals surface area contributed by atoms with Gasteiger partial charge in [-0.25, -0.2) is 0 Å². The quantitative estimate of drug-likeness (QED) is 0.324. The standard InChI is InChI=1S/C31H33Cl2N3O6S2/c32-27-8-1-3-10-29(27)43(38,39)36(44(40,41)30-11-4-2-9-28(30)33)24-7-5-6-22(18-24)19-34-20-25-12-13-26(21-34)35(25)31(37)23-14-16-42-17-15-23/h1-11,18,23,25-26H,12-17,19-21H2. The average molecular weight is 679 g/mol. The van der Waals surface area contributed by atoms with E-state index in [0.29, 0.717) is 36.6 Å². The number of ether oxygens (including phenoxy) is 1. The summed E-state index contributed by atoms with van der Waals surface area (Å²) in [4.78, 5) is 17.0. The summed E-state index contributed by atoms with van der Waals surface area (Å²) in [5, 5.41) is -0.210. The van der Waals surface area contributed by atoms with Crippen LogP contribution in [0.3, 0.4) is 0 Å². The second-order valence-electron chi connectivity index (χ2n) is 11.4. The van der Waals surface area contributed by atoms with Gasteiger partial charge in [-0.05, 0) is 67.6 Å². The number of fused-ring (bicyclic) bond motifs is 2. The van der Waals surface area contributed by atoms with Crippen molar-refractivity contribution >= 4 is 54.8 Å². The van der Waals surface area contributed by atoms with E-state index in [9.17, 15) is 21.6 Å². The topological polar surface area (TPSA) is 104 Å². The molecule has 3 aromatic carbocycles. The van der Waals surface area contributed by atoms with Gasteiger partial charge in [0.25, 0.3) is 20.0 Å². The van der Waals surface area contributed by atoms with Crippen molar-refractivity contribution in [3.63, 3.8) is 0 Å². The molecule has 0 radical (unpaired) electrons. The summed E-state index contributed by atoms with van der Waals surface area (Å²) in [5.41, 5.74) is 0.679. The Labute approximate surface area is 268 Å². The van der Waals surface area contributed by atoms with Crippen LogP contribution >= 0.6 is 23.2 Å². The van der Waals surface area contributed by atoms with E-state index >= 15 is 0 Å². The summed E-state index contributed by atoms with van der Waals surface area (Å²) in [7, 11) is -9.41. The third-order valence-corrected chi connectivity index (χ3v) is 13.8. The predicted molar refractivity (Wildman–Crippen MR) is 169 cm³/mol. The minimum atomic E-state index is -4.70. The number of carbonyl (C=O) groups excluding carboxylic acids is 1. The molecule has 0 saturated carbocycles. The fourth-order valence-corrected chi connectivity index (χ4v) is 11.2. The molecule has 0 aromatic heterocycles. The smallest absolute Gasteiger partial charge is 0.279 e. The third-order valence-electron chi connectivity index (χ3n) is 8.58. The minimum absolute atomic E-state index is 0.0150. The molecule has 6 rings (SSSR count). The Bertz CT molecular complexity index is 1680. The molecule has 0 spiro atoms. The number of hydrogen-bond donors (Lipinski definition) is 0. The highest BCUT2D eigenvalue weighted by molar-refractivity contribution is 8.10. The lowest BCUT2D eigenvalue weighted by atomic mass is 9.97. The van der Waals surface area contributed by atoms with E-state index in [1.54, 1.807) is 24.3 Å². The number of hydrogen-bond acceptors (Lipinski definition) is 7. The molecule has 3 aliphatic heterocycles. The SMILES string of the molecule is O=C(C1CCOCC1)N1C2CCC1CN(Cc1cccc(N(S(=O)(=O)c3ccccc3Cl)S(=O)(=O)c3ccccc3Cl)c1)C2. The van der Waals surface area contributed by atoms with Crippen LogP contribution in [0.1, 0.15) is 31.2 Å². The molecule has 9 nitrogen and oxygen atoms in total. The molecule has 1 amide bonds. The first-order valence-electron chi connectivity index (χ1n) is 14.6. The highest BCUT2D eigenvalue weighted by Gasteiger charge is 2.44. The molecule has 2 bridgehead atoms. The normalized spacial score (nSPS) is 21.4. The second kappa shape index (κ2) is 12.6. The van der Waals surface area contributed by atoms with Crippen LogP contribution in [0, 0.1) is 5.92 Å². The van der Waals surface area contributed by atoms with Crippen LogP contribution in [-0.2, 0) is 36.1 Å². The van der Waals surface area contributed by atoms with Crippen molar-refractivity contribution in [2.24, 2.45) is 5.92 Å². The summed E-state index contributed by atoms with van der Waals surface area (Å²) < 4.78 is 62.2. The molecule has 44 heavy (non-hydrogen) atoms. The van der Waals surface area contributed by atoms with Crippen molar-refractivity contribution in [2.75, 3.05) is 30.0 Å². The molecule has 0 N–H and O–H groups in total. The lowest BCUT2D eigenvalue weighted by Gasteiger charge is -2.43. The van der Waals surface area contributed by atoms with Gasteiger partial charge < -0.3 is 9.64 Å². The zero-order valence-corrected chi connectivity index (χ0v) is 27.0. The van der Waals surface area contributed by atoms with Crippen LogP contribution in [0.25, 0.3) is 0 Å². The molecular formula is C31H33Cl2N3O6S2. The van der Waals surface area contributed by atoms with E-state index in [1.807, 2.05) is 6.07 Å². The highest BCUT2D eigenvalue weighted by Crippen LogP contribution is 2.37. The summed E-state index contributed by atoms with van der Waals surface area (Å²) in [5.74, 6) is 0.244. The molecule has 13 heteroatoms. The first-order chi connectivity index (χ1) is 21.1. The molecule has 2 unspecified atom stereocenters. The number of amides is 1. The van der Waals surface area contributed by atoms with Crippen molar-refractivity contribution < 1.29 is 26.4 Å². The summed E-state index contributed by atoms with van der Waals surface area (Å²) in [6, 6.07) is 18.2. The van der Waals surface area contributed by atoms with Crippen LogP contribution in [-0.4, -0.2) is 70.9 Å². The zero-order chi connectivity index (χ0) is 31.1. The van der Waals surface area contributed by atoms with Gasteiger partial charge in [0.1, 0.15) is 9.79 Å². The highest BCUT2D eigenvalue weighted by atomic mass is 35.5. The molecule has 2 atom stereocenters. The number of nitrogens with zero attached hydrogens (tertiary/aromatic N) is 3. The molecule has 0 aliphatic carbocycles. The van der Waals surface area contributed by atoms with Gasteiger partial charge in [0, 0.05) is 50.8 Å². The van der Waals surface area contributed by atoms with Crippen LogP contribution in [0.15, 0.2) is 82.6 Å². The van der Waals surface area contributed by atoms with Gasteiger partial charge in [0.2, 0.25) is 5.91 Å². The average Bonchev–Trinajstić information content (AvgIpc) is 3.27. The van der Waals surface area contributed by atoms with E-state index < -0.39 is 20.0 Å². The Morgan fingerprint density at radius 3 is 1.86 bits per heavy atom. The Kier molecular flexibility index (Phi) is 8.98. The first kappa shape index (κ1) is 31.3. The van der Waals surface area contributed by atoms with Crippen LogP contribution < -0.4 is 3.71 Å². The number of halogens is 2. The fourth-order valence-electron chi connectivity index (χ4n) is 6.55. The molecule has 234 valence electrons. The van der Waals surface area contributed by atoms with Gasteiger partial charge in [-0.15, -0.1) is 0 Å². The van der Waals surface area contributed by atoms with Gasteiger partial charge in [-0.3, -0.25) is 9.69 Å². The van der Waals surface area contributed by atoms with Crippen LogP contribution in [0.4, 0.5) is 5.69 Å². The Morgan fingerprint density at radius 1 is 0.773 bits per heavy atom. The second-order valence-corrected chi connectivity index (χ2v) is 16.0. The van der Waals surface area contributed by atoms with Gasteiger partial charge >= 0.3 is 0 Å². The number of sulfonamides is 2. The molecule has 3 saturated heterocycles. The molecule has 3 fully saturated rings. The summed E-state index contributed by atoms with van der Waals surface area (Å²) in [6.07, 6.45) is 3.40. The van der Waals surface area contributed by atoms with Crippen molar-refractivity contribution in [2.45, 2.75) is 54.1 Å². The lowest BCUT2D eigenvalue weighted by Crippen LogP contribution is -2.57. The van der Waals surface area contributed by atoms with E-state index in [2.05, 4.69) is 9.80 Å². The van der Waals surface area contributed by atoms with E-state index in [-0.39, 0.29) is 49.4 Å². The van der Waals surface area contributed by atoms with E-state index in [0.717, 1.165) is 31.2 Å². The van der Waals surface area contributed by atoms with Gasteiger partial charge in [0.15, 0.2) is 0 Å². The van der Waals surface area contributed by atoms with Crippen LogP contribution in [0.5, 0.6) is 0 Å². The fraction of sp³-hybridized carbons (Fsp3) is 0.387. The summed E-state index contributed by atoms with van der Waals surface area (Å²) in [6.45, 7) is 3.09. The van der Waals surface area contributed by atoms with Crippen molar-refractivity contribution in [1.29, 1.82) is 0 Å². The van der Waals surface area contributed by atoms with Gasteiger partial charge in [-0.2, -0.15) is 20.5 Å². The maximum atomic E-state index is 14.1. The number of likely N-dealkylation sites (tertiary alicyclic amines) is 1. The van der Waals surface area contributed by atoms with E-state index in [1.165, 1.54) is 42.5 Å². The monoisotopic (exact) mass is 677 g/mol. The Morgan fingerprint density at radius 2 is 1.32 bits per heavy atom. The van der Waals surface area contributed by atoms with Gasteiger partial charge in [-0.1, -0.05) is 59.6 Å². The largest absolute Gasteiger partial charge is 0.381 e. The van der Waals surface area contributed by atoms with Gasteiger partial charge in [0.05, 0.1) is 15.7 Å². The Balaban J connectivity index is 1.30. The van der Waals surface area contributed by atoms with Crippen LogP contribution in [0.2, 0.25) is 10.0 Å². The zero-order valence-electron chi connectivity index (χ0n) is 23.9. The van der Waals surface area contributed by atoms with Crippen molar-refractivity contribution in [1.82, 2.24) is 9.80 Å². The maximum Gasteiger partial charge on any atom is 0.279 e. The molecular weight excluding hydrogens is 645 g/mol. The number of carbonyl (C=O) groups is 1. The molecule has 3 heterocycles. The molecule has 3 aromatic rings. The third kappa shape index (κ3) is 5.98. The lowest BCUT2D eigenvalue weighted by molar-refractivity contribution is -0.144. The van der Waals surface area contributed by atoms with E-state index in [4.69, 9.17) is 27.9 Å². The first-order valence-corrected chi connectivity index (χ1v) is 18.2. The predicted octanol–water partition coefficient (Wildman–Crippen LogP) is 5.18. The summed E-state index contributed by atoms with van der Waals surface area (Å²) >= 11 is 12.6. The number of anilines is 1. The van der Waals surface area contributed by atoms with Crippen molar-refractivity contribution in [3.8, 4) is 0 Å². The number of benzene rings is 3. The maximum absolute atomic E-state index is 14.1. The molecule has 3 aliphatic rings. The minimum Gasteiger partial charge on any atom is -0.381 e. The van der Waals surface area contributed by atoms with Crippen molar-refractivity contribution in [3.05, 3.63) is 88.4 Å². The Hall–Kier alpha value is -2.67. The number of piperazine rings is 1.